The average molecular weight is 228 g/mol. The third kappa shape index (κ3) is 4.20. The van der Waals surface area contributed by atoms with Crippen LogP contribution in [0.3, 0.4) is 0 Å². The molecule has 4 heteroatoms. The van der Waals surface area contributed by atoms with E-state index in [1.165, 1.54) is 0 Å². The highest BCUT2D eigenvalue weighted by molar-refractivity contribution is 5.82. The predicted molar refractivity (Wildman–Crippen MR) is 64.4 cm³/mol. The molecule has 0 saturated carbocycles. The molecular formula is C12H24N2O2. The van der Waals surface area contributed by atoms with Crippen molar-refractivity contribution in [3.05, 3.63) is 0 Å². The maximum absolute atomic E-state index is 11.8. The second-order valence-corrected chi connectivity index (χ2v) is 4.62. The Bertz CT molecular complexity index is 213. The molecule has 0 aliphatic carbocycles. The zero-order valence-corrected chi connectivity index (χ0v) is 10.5. The number of aliphatic hydroxyl groups excluding tert-OH is 1. The van der Waals surface area contributed by atoms with Crippen LogP contribution in [0.2, 0.25) is 0 Å². The Labute approximate surface area is 98.2 Å². The molecule has 1 atom stereocenters. The van der Waals surface area contributed by atoms with E-state index in [0.29, 0.717) is 12.3 Å². The Balaban J connectivity index is 2.24. The summed E-state index contributed by atoms with van der Waals surface area (Å²) in [4.78, 5) is 16.2. The Hall–Kier alpha value is -0.450. The number of β-amino-alcohol motifs (C(OH)–C–C–N with tert-alkyl or cyclic N) is 1. The molecular weight excluding hydrogens is 204 g/mol. The van der Waals surface area contributed by atoms with Gasteiger partial charge in [-0.3, -0.25) is 14.6 Å². The van der Waals surface area contributed by atoms with Gasteiger partial charge in [0.2, 0.25) is 0 Å². The number of nitrogens with zero attached hydrogens (tertiary/aromatic N) is 2. The third-order valence-corrected chi connectivity index (χ3v) is 3.42. The molecule has 1 saturated heterocycles. The van der Waals surface area contributed by atoms with Crippen molar-refractivity contribution < 1.29 is 9.90 Å². The highest BCUT2D eigenvalue weighted by Gasteiger charge is 2.20. The van der Waals surface area contributed by atoms with E-state index in [1.54, 1.807) is 0 Å². The molecule has 4 nitrogen and oxygen atoms in total. The zero-order chi connectivity index (χ0) is 12.0. The molecule has 1 rings (SSSR count). The van der Waals surface area contributed by atoms with Crippen LogP contribution in [0.1, 0.15) is 20.3 Å². The number of Topliss-reactive ketones (excluding diaryl/α,β-unsaturated/α-hetero) is 1. The molecule has 0 aromatic rings. The van der Waals surface area contributed by atoms with Crippen LogP contribution in [-0.4, -0.2) is 66.6 Å². The Kier molecular flexibility index (Phi) is 5.95. The van der Waals surface area contributed by atoms with E-state index < -0.39 is 0 Å². The first kappa shape index (κ1) is 13.6. The first-order valence-corrected chi connectivity index (χ1v) is 6.25. The largest absolute Gasteiger partial charge is 0.395 e. The molecule has 1 aliphatic rings. The first-order valence-electron chi connectivity index (χ1n) is 6.25. The summed E-state index contributed by atoms with van der Waals surface area (Å²) in [5.74, 6) is 0.550. The number of hydrogen-bond donors (Lipinski definition) is 1. The number of piperazine rings is 1. The number of ketones is 1. The maximum Gasteiger partial charge on any atom is 0.149 e. The molecule has 1 fully saturated rings. The lowest BCUT2D eigenvalue weighted by Gasteiger charge is -2.34. The molecule has 0 bridgehead atoms. The van der Waals surface area contributed by atoms with E-state index in [1.807, 2.05) is 6.92 Å². The summed E-state index contributed by atoms with van der Waals surface area (Å²) < 4.78 is 0. The fourth-order valence-corrected chi connectivity index (χ4v) is 1.92. The number of aliphatic hydroxyl groups is 1. The van der Waals surface area contributed by atoms with Gasteiger partial charge in [-0.25, -0.2) is 0 Å². The summed E-state index contributed by atoms with van der Waals surface area (Å²) in [5.41, 5.74) is 0. The minimum absolute atomic E-state index is 0.190. The minimum atomic E-state index is 0.190. The van der Waals surface area contributed by atoms with Gasteiger partial charge in [-0.2, -0.15) is 0 Å². The Morgan fingerprint density at radius 1 is 1.25 bits per heavy atom. The molecule has 1 heterocycles. The predicted octanol–water partition coefficient (Wildman–Crippen LogP) is 0.212. The van der Waals surface area contributed by atoms with Crippen LogP contribution in [0.15, 0.2) is 0 Å². The van der Waals surface area contributed by atoms with E-state index in [-0.39, 0.29) is 12.5 Å². The minimum Gasteiger partial charge on any atom is -0.395 e. The molecule has 0 spiro atoms. The number of hydrogen-bond acceptors (Lipinski definition) is 4. The van der Waals surface area contributed by atoms with Gasteiger partial charge in [-0.15, -0.1) is 0 Å². The molecule has 94 valence electrons. The van der Waals surface area contributed by atoms with Gasteiger partial charge in [-0.1, -0.05) is 13.8 Å². The smallest absolute Gasteiger partial charge is 0.149 e. The van der Waals surface area contributed by atoms with Crippen molar-refractivity contribution in [1.29, 1.82) is 0 Å². The standard InChI is InChI=1S/C12H24N2O2/c1-3-11(2)12(16)10-14-6-4-13(5-7-14)8-9-15/h11,15H,3-10H2,1-2H3. The fraction of sp³-hybridized carbons (Fsp3) is 0.917. The van der Waals surface area contributed by atoms with Gasteiger partial charge < -0.3 is 5.11 Å². The van der Waals surface area contributed by atoms with Gasteiger partial charge in [-0.05, 0) is 6.42 Å². The van der Waals surface area contributed by atoms with Crippen molar-refractivity contribution in [3.8, 4) is 0 Å². The van der Waals surface area contributed by atoms with Crippen LogP contribution in [-0.2, 0) is 4.79 Å². The van der Waals surface area contributed by atoms with Crippen molar-refractivity contribution >= 4 is 5.78 Å². The van der Waals surface area contributed by atoms with E-state index in [9.17, 15) is 4.79 Å². The van der Waals surface area contributed by atoms with Crippen LogP contribution in [0.25, 0.3) is 0 Å². The summed E-state index contributed by atoms with van der Waals surface area (Å²) >= 11 is 0. The van der Waals surface area contributed by atoms with Gasteiger partial charge in [0.25, 0.3) is 0 Å². The van der Waals surface area contributed by atoms with Crippen molar-refractivity contribution in [2.24, 2.45) is 5.92 Å². The SMILES string of the molecule is CCC(C)C(=O)CN1CCN(CCO)CC1. The molecule has 1 N–H and O–H groups in total. The highest BCUT2D eigenvalue weighted by atomic mass is 16.3. The molecule has 0 aromatic carbocycles. The van der Waals surface area contributed by atoms with Crippen molar-refractivity contribution in [2.75, 3.05) is 45.9 Å². The second-order valence-electron chi connectivity index (χ2n) is 4.62. The monoisotopic (exact) mass is 228 g/mol. The molecule has 1 aliphatic heterocycles. The molecule has 0 amide bonds. The molecule has 16 heavy (non-hydrogen) atoms. The lowest BCUT2D eigenvalue weighted by Crippen LogP contribution is -2.49. The third-order valence-electron chi connectivity index (χ3n) is 3.42. The first-order chi connectivity index (χ1) is 7.67. The van der Waals surface area contributed by atoms with Gasteiger partial charge in [0, 0.05) is 38.6 Å². The highest BCUT2D eigenvalue weighted by Crippen LogP contribution is 2.06. The number of carbonyl (C=O) groups is 1. The summed E-state index contributed by atoms with van der Waals surface area (Å²) in [6.45, 7) is 9.47. The van der Waals surface area contributed by atoms with Gasteiger partial charge in [0.05, 0.1) is 13.2 Å². The van der Waals surface area contributed by atoms with Gasteiger partial charge >= 0.3 is 0 Å². The average Bonchev–Trinajstić information content (AvgIpc) is 2.31. The Morgan fingerprint density at radius 3 is 2.31 bits per heavy atom. The van der Waals surface area contributed by atoms with Crippen LogP contribution in [0, 0.1) is 5.92 Å². The Morgan fingerprint density at radius 2 is 1.81 bits per heavy atom. The topological polar surface area (TPSA) is 43.8 Å². The van der Waals surface area contributed by atoms with Gasteiger partial charge in [0.15, 0.2) is 0 Å². The van der Waals surface area contributed by atoms with Crippen molar-refractivity contribution in [3.63, 3.8) is 0 Å². The normalized spacial score (nSPS) is 20.9. The van der Waals surface area contributed by atoms with Crippen LogP contribution >= 0.6 is 0 Å². The molecule has 1 unspecified atom stereocenters. The van der Waals surface area contributed by atoms with Crippen LogP contribution < -0.4 is 0 Å². The quantitative estimate of drug-likeness (QED) is 0.706. The maximum atomic E-state index is 11.8. The van der Waals surface area contributed by atoms with E-state index >= 15 is 0 Å². The summed E-state index contributed by atoms with van der Waals surface area (Å²) in [5, 5.41) is 8.83. The lowest BCUT2D eigenvalue weighted by molar-refractivity contribution is -0.124. The van der Waals surface area contributed by atoms with Crippen LogP contribution in [0.4, 0.5) is 0 Å². The summed E-state index contributed by atoms with van der Waals surface area (Å²) in [6, 6.07) is 0. The molecule has 0 radical (unpaired) electrons. The lowest BCUT2D eigenvalue weighted by atomic mass is 10.0. The summed E-state index contributed by atoms with van der Waals surface area (Å²) in [6.07, 6.45) is 0.934. The van der Waals surface area contributed by atoms with E-state index in [0.717, 1.165) is 39.1 Å². The van der Waals surface area contributed by atoms with Crippen LogP contribution in [0.5, 0.6) is 0 Å². The summed E-state index contributed by atoms with van der Waals surface area (Å²) in [7, 11) is 0. The fourth-order valence-electron chi connectivity index (χ4n) is 1.92. The van der Waals surface area contributed by atoms with E-state index in [2.05, 4.69) is 16.7 Å². The zero-order valence-electron chi connectivity index (χ0n) is 10.5. The van der Waals surface area contributed by atoms with Crippen molar-refractivity contribution in [1.82, 2.24) is 9.80 Å². The number of rotatable bonds is 6. The van der Waals surface area contributed by atoms with Crippen molar-refractivity contribution in [2.45, 2.75) is 20.3 Å². The second kappa shape index (κ2) is 6.99. The number of carbonyl (C=O) groups excluding carboxylic acids is 1. The van der Waals surface area contributed by atoms with Gasteiger partial charge in [0.1, 0.15) is 5.78 Å². The van der Waals surface area contributed by atoms with E-state index in [4.69, 9.17) is 5.11 Å². The molecule has 0 aromatic heterocycles.